The third-order valence-corrected chi connectivity index (χ3v) is 5.66. The van der Waals surface area contributed by atoms with E-state index in [9.17, 15) is 4.79 Å². The van der Waals surface area contributed by atoms with E-state index in [1.807, 2.05) is 31.2 Å². The molecule has 8 heteroatoms. The molecule has 1 aliphatic heterocycles. The number of amides is 1. The van der Waals surface area contributed by atoms with Crippen LogP contribution < -0.4 is 24.4 Å². The van der Waals surface area contributed by atoms with E-state index in [1.165, 1.54) is 0 Å². The fourth-order valence-electron chi connectivity index (χ4n) is 3.89. The van der Waals surface area contributed by atoms with E-state index in [-0.39, 0.29) is 11.8 Å². The summed E-state index contributed by atoms with van der Waals surface area (Å²) in [6.45, 7) is 3.29. The Kier molecular flexibility index (Phi) is 6.92. The molecule has 33 heavy (non-hydrogen) atoms. The number of nitrogens with one attached hydrogen (secondary N) is 1. The number of methoxy groups -OCH3 is 2. The Balaban J connectivity index is 1.49. The van der Waals surface area contributed by atoms with Gasteiger partial charge < -0.3 is 24.4 Å². The van der Waals surface area contributed by atoms with Gasteiger partial charge in [0.05, 0.1) is 20.1 Å². The SMILES string of the molecule is COc1cc(NC(=O)[C@H]2CCCN(c3nccnc3Oc3ccccc3C)C2)cc(OC)c1. The molecule has 3 aromatic rings. The maximum absolute atomic E-state index is 13.1. The number of benzene rings is 2. The first-order chi connectivity index (χ1) is 16.1. The fraction of sp³-hybridized carbons (Fsp3) is 0.320. The molecule has 1 aromatic heterocycles. The molecule has 172 valence electrons. The Hall–Kier alpha value is -3.81. The van der Waals surface area contributed by atoms with Crippen LogP contribution >= 0.6 is 0 Å². The zero-order valence-corrected chi connectivity index (χ0v) is 19.1. The molecule has 0 spiro atoms. The number of anilines is 2. The third-order valence-electron chi connectivity index (χ3n) is 5.66. The predicted molar refractivity (Wildman–Crippen MR) is 126 cm³/mol. The van der Waals surface area contributed by atoms with Crippen molar-refractivity contribution in [2.75, 3.05) is 37.5 Å². The minimum Gasteiger partial charge on any atom is -0.497 e. The number of aryl methyl sites for hydroxylation is 1. The summed E-state index contributed by atoms with van der Waals surface area (Å²) in [5, 5.41) is 3.00. The van der Waals surface area contributed by atoms with Crippen molar-refractivity contribution in [3.8, 4) is 23.1 Å². The van der Waals surface area contributed by atoms with Crippen molar-refractivity contribution in [2.24, 2.45) is 5.92 Å². The Morgan fingerprint density at radius 3 is 2.52 bits per heavy atom. The van der Waals surface area contributed by atoms with Crippen LogP contribution in [0, 0.1) is 12.8 Å². The van der Waals surface area contributed by atoms with Crippen LogP contribution in [0.4, 0.5) is 11.5 Å². The van der Waals surface area contributed by atoms with Gasteiger partial charge >= 0.3 is 0 Å². The number of hydrogen-bond donors (Lipinski definition) is 1. The molecule has 0 radical (unpaired) electrons. The maximum atomic E-state index is 13.1. The first kappa shape index (κ1) is 22.4. The summed E-state index contributed by atoms with van der Waals surface area (Å²) in [6.07, 6.45) is 4.91. The Labute approximate surface area is 193 Å². The lowest BCUT2D eigenvalue weighted by atomic mass is 9.97. The largest absolute Gasteiger partial charge is 0.497 e. The molecule has 1 N–H and O–H groups in total. The number of piperidine rings is 1. The number of hydrogen-bond acceptors (Lipinski definition) is 7. The fourth-order valence-corrected chi connectivity index (χ4v) is 3.89. The zero-order valence-electron chi connectivity index (χ0n) is 19.1. The monoisotopic (exact) mass is 448 g/mol. The van der Waals surface area contributed by atoms with E-state index in [0.717, 1.165) is 30.7 Å². The Morgan fingerprint density at radius 2 is 1.79 bits per heavy atom. The molecule has 1 atom stereocenters. The van der Waals surface area contributed by atoms with Gasteiger partial charge in [0.25, 0.3) is 5.88 Å². The molecule has 0 bridgehead atoms. The number of aromatic nitrogens is 2. The first-order valence-corrected chi connectivity index (χ1v) is 10.9. The van der Waals surface area contributed by atoms with Crippen LogP contribution in [-0.4, -0.2) is 43.2 Å². The molecular weight excluding hydrogens is 420 g/mol. The highest BCUT2D eigenvalue weighted by atomic mass is 16.5. The van der Waals surface area contributed by atoms with Gasteiger partial charge in [-0.05, 0) is 31.4 Å². The molecule has 8 nitrogen and oxygen atoms in total. The van der Waals surface area contributed by atoms with Crippen molar-refractivity contribution in [2.45, 2.75) is 19.8 Å². The molecule has 2 heterocycles. The molecule has 1 amide bonds. The van der Waals surface area contributed by atoms with E-state index < -0.39 is 0 Å². The van der Waals surface area contributed by atoms with E-state index in [1.54, 1.807) is 44.8 Å². The second-order valence-electron chi connectivity index (χ2n) is 7.93. The van der Waals surface area contributed by atoms with Crippen LogP contribution in [0.25, 0.3) is 0 Å². The van der Waals surface area contributed by atoms with Gasteiger partial charge in [0.15, 0.2) is 5.82 Å². The molecule has 0 aliphatic carbocycles. The topological polar surface area (TPSA) is 85.8 Å². The summed E-state index contributed by atoms with van der Waals surface area (Å²) >= 11 is 0. The highest BCUT2D eigenvalue weighted by Crippen LogP contribution is 2.33. The average molecular weight is 449 g/mol. The summed E-state index contributed by atoms with van der Waals surface area (Å²) in [5.74, 6) is 2.79. The number of carbonyl (C=O) groups excluding carboxylic acids is 1. The number of carbonyl (C=O) groups is 1. The Morgan fingerprint density at radius 1 is 1.06 bits per heavy atom. The second kappa shape index (κ2) is 10.2. The minimum atomic E-state index is -0.204. The van der Waals surface area contributed by atoms with E-state index >= 15 is 0 Å². The van der Waals surface area contributed by atoms with Crippen molar-refractivity contribution in [3.05, 3.63) is 60.4 Å². The molecule has 4 rings (SSSR count). The molecule has 1 saturated heterocycles. The predicted octanol–water partition coefficient (Wildman–Crippen LogP) is 4.45. The molecule has 0 unspecified atom stereocenters. The van der Waals surface area contributed by atoms with E-state index in [0.29, 0.717) is 35.4 Å². The summed E-state index contributed by atoms with van der Waals surface area (Å²) < 4.78 is 16.7. The molecule has 0 saturated carbocycles. The number of ether oxygens (including phenoxy) is 3. The summed E-state index contributed by atoms with van der Waals surface area (Å²) in [5.41, 5.74) is 1.65. The van der Waals surface area contributed by atoms with Gasteiger partial charge in [-0.1, -0.05) is 18.2 Å². The third kappa shape index (κ3) is 5.34. The number of para-hydroxylation sites is 1. The van der Waals surface area contributed by atoms with Crippen LogP contribution in [0.15, 0.2) is 54.9 Å². The number of nitrogens with zero attached hydrogens (tertiary/aromatic N) is 3. The summed E-state index contributed by atoms with van der Waals surface area (Å²) in [6, 6.07) is 13.1. The van der Waals surface area contributed by atoms with Crippen molar-refractivity contribution in [3.63, 3.8) is 0 Å². The molecule has 1 fully saturated rings. The van der Waals surface area contributed by atoms with Gasteiger partial charge in [0.2, 0.25) is 5.91 Å². The van der Waals surface area contributed by atoms with Gasteiger partial charge in [0, 0.05) is 49.4 Å². The van der Waals surface area contributed by atoms with Gasteiger partial charge in [-0.2, -0.15) is 0 Å². The van der Waals surface area contributed by atoms with E-state index in [4.69, 9.17) is 14.2 Å². The van der Waals surface area contributed by atoms with Crippen LogP contribution in [0.5, 0.6) is 23.1 Å². The maximum Gasteiger partial charge on any atom is 0.263 e. The lowest BCUT2D eigenvalue weighted by molar-refractivity contribution is -0.120. The smallest absolute Gasteiger partial charge is 0.263 e. The number of rotatable bonds is 7. The quantitative estimate of drug-likeness (QED) is 0.571. The summed E-state index contributed by atoms with van der Waals surface area (Å²) in [7, 11) is 3.16. The highest BCUT2D eigenvalue weighted by molar-refractivity contribution is 5.93. The van der Waals surface area contributed by atoms with Crippen LogP contribution in [-0.2, 0) is 4.79 Å². The lowest BCUT2D eigenvalue weighted by Crippen LogP contribution is -2.41. The standard InChI is InChI=1S/C25H28N4O4/c1-17-7-4-5-9-22(17)33-25-23(26-10-11-27-25)29-12-6-8-18(16-29)24(30)28-19-13-20(31-2)15-21(14-19)32-3/h4-5,7,9-11,13-15,18H,6,8,12,16H2,1-3H3,(H,28,30)/t18-/m0/s1. The summed E-state index contributed by atoms with van der Waals surface area (Å²) in [4.78, 5) is 24.1. The first-order valence-electron chi connectivity index (χ1n) is 10.9. The lowest BCUT2D eigenvalue weighted by Gasteiger charge is -2.33. The van der Waals surface area contributed by atoms with Gasteiger partial charge in [-0.3, -0.25) is 4.79 Å². The van der Waals surface area contributed by atoms with Crippen LogP contribution in [0.2, 0.25) is 0 Å². The van der Waals surface area contributed by atoms with Gasteiger partial charge in [-0.15, -0.1) is 0 Å². The van der Waals surface area contributed by atoms with Crippen molar-refractivity contribution < 1.29 is 19.0 Å². The second-order valence-corrected chi connectivity index (χ2v) is 7.93. The average Bonchev–Trinajstić information content (AvgIpc) is 2.85. The van der Waals surface area contributed by atoms with Crippen molar-refractivity contribution in [1.82, 2.24) is 9.97 Å². The van der Waals surface area contributed by atoms with Crippen molar-refractivity contribution in [1.29, 1.82) is 0 Å². The zero-order chi connectivity index (χ0) is 23.2. The minimum absolute atomic E-state index is 0.0553. The van der Waals surface area contributed by atoms with E-state index in [2.05, 4.69) is 20.2 Å². The molecular formula is C25H28N4O4. The Bertz CT molecular complexity index is 1100. The molecule has 2 aromatic carbocycles. The van der Waals surface area contributed by atoms with Gasteiger partial charge in [0.1, 0.15) is 17.2 Å². The normalized spacial score (nSPS) is 15.6. The van der Waals surface area contributed by atoms with Gasteiger partial charge in [-0.25, -0.2) is 9.97 Å². The van der Waals surface area contributed by atoms with Crippen LogP contribution in [0.1, 0.15) is 18.4 Å². The van der Waals surface area contributed by atoms with Crippen molar-refractivity contribution >= 4 is 17.4 Å². The molecule has 1 aliphatic rings. The highest BCUT2D eigenvalue weighted by Gasteiger charge is 2.29. The van der Waals surface area contributed by atoms with Crippen LogP contribution in [0.3, 0.4) is 0 Å².